The first-order valence-corrected chi connectivity index (χ1v) is 15.3. The number of halogens is 3. The summed E-state index contributed by atoms with van der Waals surface area (Å²) in [6, 6.07) is 6.73. The summed E-state index contributed by atoms with van der Waals surface area (Å²) in [5, 5.41) is 6.09. The van der Waals surface area contributed by atoms with Gasteiger partial charge in [0.05, 0.1) is 25.9 Å². The van der Waals surface area contributed by atoms with E-state index < -0.39 is 30.8 Å². The lowest BCUT2D eigenvalue weighted by molar-refractivity contribution is -0.105. The second-order valence-electron chi connectivity index (χ2n) is 5.92. The average molecular weight is 632 g/mol. The first kappa shape index (κ1) is 32.6. The van der Waals surface area contributed by atoms with Crippen molar-refractivity contribution in [2.24, 2.45) is 5.90 Å². The van der Waals surface area contributed by atoms with Crippen LogP contribution in [0.25, 0.3) is 0 Å². The maximum Gasteiger partial charge on any atom is 0.211 e. The Morgan fingerprint density at radius 1 is 1.29 bits per heavy atom. The molecule has 1 aromatic carbocycles. The normalized spacial score (nSPS) is 19.2. The number of anilines is 1. The monoisotopic (exact) mass is 631 g/mol. The minimum Gasteiger partial charge on any atom is -0.329 e. The molecule has 13 heteroatoms. The van der Waals surface area contributed by atoms with Gasteiger partial charge in [0, 0.05) is 45.2 Å². The van der Waals surface area contributed by atoms with Crippen molar-refractivity contribution in [3.63, 3.8) is 0 Å². The van der Waals surface area contributed by atoms with Gasteiger partial charge in [-0.2, -0.15) is 4.31 Å². The fourth-order valence-corrected chi connectivity index (χ4v) is 6.07. The Morgan fingerprint density at radius 2 is 1.94 bits per heavy atom. The van der Waals surface area contributed by atoms with E-state index in [1.54, 1.807) is 13.1 Å². The lowest BCUT2D eigenvalue weighted by atomic mass is 10.1. The maximum atomic E-state index is 14.1. The molecule has 1 fully saturated rings. The molecule has 0 aliphatic carbocycles. The highest BCUT2D eigenvalue weighted by molar-refractivity contribution is 14.2. The van der Waals surface area contributed by atoms with Crippen LogP contribution in [-0.2, 0) is 20.1 Å². The van der Waals surface area contributed by atoms with Crippen LogP contribution >= 0.6 is 29.1 Å². The largest absolute Gasteiger partial charge is 0.329 e. The molecule has 3 atom stereocenters. The summed E-state index contributed by atoms with van der Waals surface area (Å²) >= 11 is 1.96. The number of amides is 1. The fourth-order valence-electron chi connectivity index (χ4n) is 2.41. The minimum absolute atomic E-state index is 0.194. The van der Waals surface area contributed by atoms with Gasteiger partial charge in [0.25, 0.3) is 0 Å². The summed E-state index contributed by atoms with van der Waals surface area (Å²) in [5.74, 6) is 4.65. The molecule has 8 nitrogen and oxygen atoms in total. The number of nitrogens with one attached hydrogen (secondary N) is 2. The summed E-state index contributed by atoms with van der Waals surface area (Å²) in [5.41, 5.74) is 1.62. The summed E-state index contributed by atoms with van der Waals surface area (Å²) in [6.45, 7) is 9.82. The topological polar surface area (TPSA) is 110 Å². The van der Waals surface area contributed by atoms with Crippen LogP contribution in [0.1, 0.15) is 45.0 Å². The Balaban J connectivity index is 0.000000755. The molecule has 1 aromatic heterocycles. The second-order valence-corrected chi connectivity index (χ2v) is 10.9. The molecule has 1 amide bonds. The van der Waals surface area contributed by atoms with Gasteiger partial charge in [0.1, 0.15) is 27.7 Å². The zero-order valence-electron chi connectivity index (χ0n) is 20.0. The zero-order chi connectivity index (χ0) is 26.3. The molecule has 1 aliphatic heterocycles. The van der Waals surface area contributed by atoms with Crippen LogP contribution in [0.5, 0.6) is 0 Å². The molecule has 1 saturated heterocycles. The van der Waals surface area contributed by atoms with Gasteiger partial charge in [0.2, 0.25) is 6.41 Å². The first-order chi connectivity index (χ1) is 16.3. The number of carbonyl (C=O) groups excluding carboxylic acids is 1. The number of rotatable bonds is 4. The van der Waals surface area contributed by atoms with Crippen LogP contribution in [0.3, 0.4) is 0 Å². The molecule has 2 aromatic rings. The molecule has 0 saturated carbocycles. The Labute approximate surface area is 217 Å². The predicted molar refractivity (Wildman–Crippen MR) is 146 cm³/mol. The molecular formula is C21H32F2IN5O3S2. The molecular weight excluding hydrogens is 599 g/mol. The van der Waals surface area contributed by atoms with Crippen molar-refractivity contribution in [3.05, 3.63) is 59.4 Å². The summed E-state index contributed by atoms with van der Waals surface area (Å²) < 4.78 is 44.6. The number of nitrogens with zero attached hydrogens (tertiary/aromatic N) is 2. The van der Waals surface area contributed by atoms with E-state index in [2.05, 4.69) is 15.6 Å². The number of aromatic nitrogens is 1. The van der Waals surface area contributed by atoms with E-state index in [1.807, 2.05) is 55.8 Å². The van der Waals surface area contributed by atoms with Crippen LogP contribution in [0.2, 0.25) is 0 Å². The third-order valence-corrected chi connectivity index (χ3v) is 8.17. The Bertz CT molecular complexity index is 932. The molecule has 0 spiro atoms. The number of hydrogen-bond acceptors (Lipinski definition) is 5. The van der Waals surface area contributed by atoms with E-state index in [-0.39, 0.29) is 11.6 Å². The predicted octanol–water partition coefficient (Wildman–Crippen LogP) is 4.73. The van der Waals surface area contributed by atoms with Crippen LogP contribution in [0.15, 0.2) is 36.5 Å². The van der Waals surface area contributed by atoms with Gasteiger partial charge in [-0.25, -0.2) is 23.2 Å². The molecule has 3 unspecified atom stereocenters. The van der Waals surface area contributed by atoms with Crippen LogP contribution < -0.4 is 16.5 Å². The molecule has 34 heavy (non-hydrogen) atoms. The molecule has 4 N–H and O–H groups in total. The molecule has 192 valence electrons. The smallest absolute Gasteiger partial charge is 0.211 e. The molecule has 3 rings (SSSR count). The highest BCUT2D eigenvalue weighted by Crippen LogP contribution is 2.31. The number of carbonyl (C=O) groups is 1. The van der Waals surface area contributed by atoms with Crippen LogP contribution in [0, 0.1) is 18.6 Å². The highest BCUT2D eigenvalue weighted by Gasteiger charge is 2.31. The summed E-state index contributed by atoms with van der Waals surface area (Å²) in [4.78, 5) is 14.2. The Hall–Kier alpha value is -1.36. The number of hydrogen-bond donors (Lipinski definition) is 3. The second kappa shape index (κ2) is 18.0. The number of benzene rings is 1. The summed E-state index contributed by atoms with van der Waals surface area (Å²) in [6.07, 6.45) is 1.72. The quantitative estimate of drug-likeness (QED) is 0.195. The SMILES string of the molecule is CC.CC.CN1/C(=S(\I)ON)NC(c2cc(NC=O)ccc2F)CS1=O.Cc1ccc(F)cn1. The van der Waals surface area contributed by atoms with E-state index in [9.17, 15) is 17.8 Å². The van der Waals surface area contributed by atoms with Crippen LogP contribution in [0.4, 0.5) is 14.5 Å². The van der Waals surface area contributed by atoms with Crippen LogP contribution in [-0.4, -0.2) is 37.8 Å². The zero-order valence-corrected chi connectivity index (χ0v) is 23.8. The fraction of sp³-hybridized carbons (Fsp3) is 0.381. The van der Waals surface area contributed by atoms with Gasteiger partial charge in [-0.3, -0.25) is 15.1 Å². The average Bonchev–Trinajstić information content (AvgIpc) is 2.86. The van der Waals surface area contributed by atoms with Gasteiger partial charge in [-0.05, 0) is 37.3 Å². The molecule has 0 bridgehead atoms. The van der Waals surface area contributed by atoms with Crippen molar-refractivity contribution in [2.45, 2.75) is 40.7 Å². The standard InChI is InChI=1S/C11H14FIN4O3S2.C6H6FN.2C2H6/c1-17-11(22(13)20-14)16-10(5-21(17)19)8-4-7(15-6-18)2-3-9(8)12;1-5-2-3-6(7)4-8-5;2*1-2/h2-4,6,10,16H,5,14H2,1H3,(H,15,18);2-4H,1H3;2*1-2H3. The lowest BCUT2D eigenvalue weighted by Crippen LogP contribution is -2.49. The van der Waals surface area contributed by atoms with Crippen molar-refractivity contribution in [3.8, 4) is 0 Å². The van der Waals surface area contributed by atoms with E-state index in [4.69, 9.17) is 10.2 Å². The minimum atomic E-state index is -1.34. The van der Waals surface area contributed by atoms with Gasteiger partial charge in [-0.1, -0.05) is 27.7 Å². The maximum absolute atomic E-state index is 14.1. The third kappa shape index (κ3) is 10.5. The van der Waals surface area contributed by atoms with E-state index >= 15 is 0 Å². The van der Waals surface area contributed by atoms with E-state index in [0.29, 0.717) is 22.8 Å². The first-order valence-electron chi connectivity index (χ1n) is 10.4. The van der Waals surface area contributed by atoms with Gasteiger partial charge in [0.15, 0.2) is 0 Å². The van der Waals surface area contributed by atoms with Gasteiger partial charge >= 0.3 is 0 Å². The Morgan fingerprint density at radius 3 is 2.44 bits per heavy atom. The number of pyridine rings is 1. The molecule has 2 heterocycles. The van der Waals surface area contributed by atoms with Crippen molar-refractivity contribution in [1.29, 1.82) is 0 Å². The third-order valence-electron chi connectivity index (χ3n) is 3.91. The van der Waals surface area contributed by atoms with Crippen molar-refractivity contribution < 1.29 is 22.1 Å². The highest BCUT2D eigenvalue weighted by atomic mass is 127. The van der Waals surface area contributed by atoms with Crippen molar-refractivity contribution in [2.75, 3.05) is 18.1 Å². The Kier molecular flexibility index (Phi) is 17.3. The number of aryl methyl sites for hydroxylation is 1. The molecule has 0 radical (unpaired) electrons. The molecule has 1 aliphatic rings. The van der Waals surface area contributed by atoms with Gasteiger partial charge < -0.3 is 5.32 Å². The van der Waals surface area contributed by atoms with Crippen molar-refractivity contribution in [1.82, 2.24) is 14.6 Å². The summed E-state index contributed by atoms with van der Waals surface area (Å²) in [7, 11) is -0.529. The number of nitrogens with two attached hydrogens (primary N) is 1. The van der Waals surface area contributed by atoms with E-state index in [0.717, 1.165) is 5.69 Å². The lowest BCUT2D eigenvalue weighted by Gasteiger charge is -2.32. The van der Waals surface area contributed by atoms with Crippen molar-refractivity contribution >= 4 is 57.3 Å². The van der Waals surface area contributed by atoms with E-state index in [1.165, 1.54) is 34.8 Å². The van der Waals surface area contributed by atoms with Gasteiger partial charge in [-0.15, -0.1) is 0 Å².